The molecule has 1 aromatic rings. The lowest BCUT2D eigenvalue weighted by Crippen LogP contribution is -2.34. The Labute approximate surface area is 142 Å². The molecule has 3 N–H and O–H groups in total. The Morgan fingerprint density at radius 1 is 1.16 bits per heavy atom. The molecule has 138 valence electrons. The van der Waals surface area contributed by atoms with Gasteiger partial charge >= 0.3 is 6.18 Å². The molecule has 1 fully saturated rings. The van der Waals surface area contributed by atoms with Crippen molar-refractivity contribution >= 4 is 11.9 Å². The summed E-state index contributed by atoms with van der Waals surface area (Å²) in [6.07, 6.45) is -3.00. The Bertz CT molecular complexity index is 666. The number of aliphatic hydroxyl groups excluding tert-OH is 1. The van der Waals surface area contributed by atoms with Crippen LogP contribution in [0, 0.1) is 17.3 Å². The van der Waals surface area contributed by atoms with E-state index in [0.717, 1.165) is 19.8 Å². The lowest BCUT2D eigenvalue weighted by atomic mass is 10.1. The van der Waals surface area contributed by atoms with E-state index < -0.39 is 30.3 Å². The number of alkyl halides is 4. The van der Waals surface area contributed by atoms with Crippen LogP contribution in [0.15, 0.2) is 0 Å². The van der Waals surface area contributed by atoms with Crippen LogP contribution in [0.5, 0.6) is 0 Å². The minimum absolute atomic E-state index is 0.0554. The van der Waals surface area contributed by atoms with Gasteiger partial charge in [-0.05, 0) is 32.6 Å². The molecule has 2 unspecified atom stereocenters. The van der Waals surface area contributed by atoms with Crippen molar-refractivity contribution in [1.82, 2.24) is 15.0 Å². The summed E-state index contributed by atoms with van der Waals surface area (Å²) in [6, 6.07) is -2.50. The number of nitrogens with zero attached hydrogens (tertiary/aromatic N) is 3. The van der Waals surface area contributed by atoms with Gasteiger partial charge in [-0.3, -0.25) is 0 Å². The highest BCUT2D eigenvalue weighted by atomic mass is 19.4. The van der Waals surface area contributed by atoms with Crippen molar-refractivity contribution in [3.05, 3.63) is 5.82 Å². The first-order chi connectivity index (χ1) is 11.7. The van der Waals surface area contributed by atoms with E-state index in [2.05, 4.69) is 37.4 Å². The molecule has 0 saturated heterocycles. The van der Waals surface area contributed by atoms with Gasteiger partial charge in [0.05, 0.1) is 18.1 Å². The fourth-order valence-corrected chi connectivity index (χ4v) is 1.76. The fraction of sp³-hybridized carbons (Fsp3) is 0.667. The smallest absolute Gasteiger partial charge is 0.395 e. The summed E-state index contributed by atoms with van der Waals surface area (Å²) in [5, 5.41) is 14.0. The number of rotatable bonds is 6. The van der Waals surface area contributed by atoms with E-state index in [1.807, 2.05) is 0 Å². The van der Waals surface area contributed by atoms with Gasteiger partial charge in [-0.1, -0.05) is 5.92 Å². The normalized spacial score (nSPS) is 17.9. The summed E-state index contributed by atoms with van der Waals surface area (Å²) in [4.78, 5) is 11.7. The van der Waals surface area contributed by atoms with Crippen molar-refractivity contribution in [2.24, 2.45) is 5.41 Å². The fourth-order valence-electron chi connectivity index (χ4n) is 1.76. The molecule has 25 heavy (non-hydrogen) atoms. The molecule has 0 radical (unpaired) electrons. The Hall–Kier alpha value is -2.15. The second-order valence-electron chi connectivity index (χ2n) is 6.10. The maximum atomic E-state index is 12.7. The van der Waals surface area contributed by atoms with E-state index >= 15 is 0 Å². The number of aromatic nitrogens is 3. The van der Waals surface area contributed by atoms with E-state index in [9.17, 15) is 22.7 Å². The van der Waals surface area contributed by atoms with E-state index in [1.165, 1.54) is 6.92 Å². The lowest BCUT2D eigenvalue weighted by molar-refractivity contribution is -0.138. The van der Waals surface area contributed by atoms with E-state index in [1.54, 1.807) is 0 Å². The van der Waals surface area contributed by atoms with E-state index in [0.29, 0.717) is 0 Å². The number of aliphatic hydroxyl groups is 1. The number of hydrogen-bond acceptors (Lipinski definition) is 6. The summed E-state index contributed by atoms with van der Waals surface area (Å²) in [7, 11) is 0. The molecular weight excluding hydrogens is 342 g/mol. The average molecular weight is 361 g/mol. The van der Waals surface area contributed by atoms with Gasteiger partial charge in [0, 0.05) is 0 Å². The molecule has 1 saturated carbocycles. The van der Waals surface area contributed by atoms with Crippen molar-refractivity contribution in [3.63, 3.8) is 0 Å². The molecule has 0 amide bonds. The lowest BCUT2D eigenvalue weighted by Gasteiger charge is -2.18. The van der Waals surface area contributed by atoms with Crippen molar-refractivity contribution in [2.45, 2.75) is 44.9 Å². The number of hydrogen-bond donors (Lipinski definition) is 3. The highest BCUT2D eigenvalue weighted by Gasteiger charge is 2.40. The van der Waals surface area contributed by atoms with Crippen LogP contribution in [-0.2, 0) is 0 Å². The second kappa shape index (κ2) is 7.39. The third-order valence-electron chi connectivity index (χ3n) is 3.67. The predicted octanol–water partition coefficient (Wildman–Crippen LogP) is 2.13. The molecule has 0 bridgehead atoms. The van der Waals surface area contributed by atoms with Crippen LogP contribution in [0.1, 0.15) is 32.5 Å². The zero-order chi connectivity index (χ0) is 18.7. The molecular formula is C15H19F4N5O. The van der Waals surface area contributed by atoms with Gasteiger partial charge in [0.25, 0.3) is 0 Å². The van der Waals surface area contributed by atoms with Gasteiger partial charge in [-0.25, -0.2) is 4.39 Å². The van der Waals surface area contributed by atoms with Crippen molar-refractivity contribution in [3.8, 4) is 11.8 Å². The molecule has 6 nitrogen and oxygen atoms in total. The predicted molar refractivity (Wildman–Crippen MR) is 83.7 cm³/mol. The molecule has 1 heterocycles. The number of nitrogens with one attached hydrogen (secondary N) is 2. The molecule has 0 aliphatic heterocycles. The molecule has 1 aliphatic rings. The van der Waals surface area contributed by atoms with Gasteiger partial charge < -0.3 is 15.7 Å². The van der Waals surface area contributed by atoms with Crippen LogP contribution < -0.4 is 10.6 Å². The third-order valence-corrected chi connectivity index (χ3v) is 3.67. The standard InChI is InChI=1S/C15H19F4N5O/c1-9(7-16)20-12-22-11(3-4-14(8-25)5-6-14)23-13(24-12)21-10(2)15(17,18)19/h9-10,25H,5-8H2,1-2H3,(H2,20,21,22,23,24). The molecule has 2 rings (SSSR count). The first-order valence-corrected chi connectivity index (χ1v) is 7.73. The summed E-state index contributed by atoms with van der Waals surface area (Å²) >= 11 is 0. The van der Waals surface area contributed by atoms with Crippen LogP contribution in [-0.4, -0.2) is 51.6 Å². The van der Waals surface area contributed by atoms with Crippen LogP contribution >= 0.6 is 0 Å². The second-order valence-corrected chi connectivity index (χ2v) is 6.10. The van der Waals surface area contributed by atoms with Crippen molar-refractivity contribution in [2.75, 3.05) is 23.9 Å². The minimum atomic E-state index is -4.48. The minimum Gasteiger partial charge on any atom is -0.395 e. The monoisotopic (exact) mass is 361 g/mol. The van der Waals surface area contributed by atoms with Gasteiger partial charge in [0.15, 0.2) is 0 Å². The molecule has 0 spiro atoms. The molecule has 0 aromatic carbocycles. The first-order valence-electron chi connectivity index (χ1n) is 7.73. The zero-order valence-corrected chi connectivity index (χ0v) is 13.8. The summed E-state index contributed by atoms with van der Waals surface area (Å²) in [5.41, 5.74) is -0.487. The Morgan fingerprint density at radius 2 is 1.76 bits per heavy atom. The van der Waals surface area contributed by atoms with Crippen LogP contribution in [0.25, 0.3) is 0 Å². The Morgan fingerprint density at radius 3 is 2.24 bits per heavy atom. The van der Waals surface area contributed by atoms with Crippen LogP contribution in [0.2, 0.25) is 0 Å². The zero-order valence-electron chi connectivity index (χ0n) is 13.8. The highest BCUT2D eigenvalue weighted by molar-refractivity contribution is 5.40. The van der Waals surface area contributed by atoms with Crippen LogP contribution in [0.4, 0.5) is 29.5 Å². The maximum absolute atomic E-state index is 12.7. The third kappa shape index (κ3) is 5.42. The average Bonchev–Trinajstić information content (AvgIpc) is 3.32. The van der Waals surface area contributed by atoms with Gasteiger partial charge in [-0.15, -0.1) is 0 Å². The number of halogens is 4. The molecule has 10 heteroatoms. The topological polar surface area (TPSA) is 83.0 Å². The molecule has 2 atom stereocenters. The van der Waals surface area contributed by atoms with Gasteiger partial charge in [0.1, 0.15) is 12.7 Å². The first kappa shape index (κ1) is 19.2. The quantitative estimate of drug-likeness (QED) is 0.532. The van der Waals surface area contributed by atoms with Gasteiger partial charge in [0.2, 0.25) is 17.7 Å². The highest BCUT2D eigenvalue weighted by Crippen LogP contribution is 2.44. The van der Waals surface area contributed by atoms with Crippen LogP contribution in [0.3, 0.4) is 0 Å². The van der Waals surface area contributed by atoms with Gasteiger partial charge in [-0.2, -0.15) is 28.1 Å². The van der Waals surface area contributed by atoms with E-state index in [-0.39, 0.29) is 24.3 Å². The molecule has 1 aromatic heterocycles. The summed E-state index contributed by atoms with van der Waals surface area (Å²) in [5.74, 6) is 5.05. The Balaban J connectivity index is 2.28. The SMILES string of the molecule is CC(CF)Nc1nc(C#CC2(CO)CC2)nc(NC(C)C(F)(F)F)n1. The summed E-state index contributed by atoms with van der Waals surface area (Å²) in [6.45, 7) is 1.65. The Kier molecular flexibility index (Phi) is 5.67. The van der Waals surface area contributed by atoms with E-state index in [4.69, 9.17) is 0 Å². The van der Waals surface area contributed by atoms with Crippen molar-refractivity contribution in [1.29, 1.82) is 0 Å². The van der Waals surface area contributed by atoms with Crippen molar-refractivity contribution < 1.29 is 22.7 Å². The maximum Gasteiger partial charge on any atom is 0.408 e. The number of anilines is 2. The molecule has 1 aliphatic carbocycles. The summed E-state index contributed by atoms with van der Waals surface area (Å²) < 4.78 is 50.8. The largest absolute Gasteiger partial charge is 0.408 e.